The maximum absolute atomic E-state index is 13.1. The molecule has 2 aromatic carbocycles. The molecular weight excluding hydrogens is 1220 g/mol. The molecule has 68 heavy (non-hydrogen) atoms. The van der Waals surface area contributed by atoms with Gasteiger partial charge in [0.05, 0.1) is 0 Å². The van der Waals surface area contributed by atoms with Crippen LogP contribution in [0.15, 0.2) is 167 Å². The van der Waals surface area contributed by atoms with E-state index in [0.717, 1.165) is 38.7 Å². The number of rotatable bonds is 15. The van der Waals surface area contributed by atoms with E-state index in [4.69, 9.17) is 34.1 Å². The number of nitrogens with zero attached hydrogens (tertiary/aromatic N) is 4. The molecule has 0 unspecified atom stereocenters. The monoisotopic (exact) mass is 1260 g/mol. The predicted molar refractivity (Wildman–Crippen MR) is 251 cm³/mol. The Morgan fingerprint density at radius 1 is 0.632 bits per heavy atom. The molecule has 0 saturated heterocycles. The van der Waals surface area contributed by atoms with Gasteiger partial charge in [-0.25, -0.2) is 8.78 Å². The molecule has 0 aliphatic rings. The summed E-state index contributed by atoms with van der Waals surface area (Å²) in [6, 6.07) is 22.9. The van der Waals surface area contributed by atoms with Gasteiger partial charge in [-0.15, -0.1) is 0 Å². The first-order valence-electron chi connectivity index (χ1n) is 20.2. The van der Waals surface area contributed by atoms with Gasteiger partial charge in [0, 0.05) is 0 Å². The molecule has 6 N–H and O–H groups in total. The molecule has 6 rings (SSSR count). The van der Waals surface area contributed by atoms with Gasteiger partial charge in [0.1, 0.15) is 11.6 Å². The quantitative estimate of drug-likeness (QED) is 0.0485. The summed E-state index contributed by atoms with van der Waals surface area (Å²) in [6.45, 7) is 19.6. The number of nitrogen functional groups attached to an aromatic ring is 1. The van der Waals surface area contributed by atoms with Crippen molar-refractivity contribution in [3.05, 3.63) is 208 Å². The Morgan fingerprint density at radius 3 is 1.43 bits per heavy atom. The molecule has 0 aliphatic heterocycles. The van der Waals surface area contributed by atoms with Gasteiger partial charge in [0.2, 0.25) is 0 Å². The number of carbonyl (C=O) groups excluding carboxylic acids is 3. The fourth-order valence-electron chi connectivity index (χ4n) is 5.05. The van der Waals surface area contributed by atoms with Crippen LogP contribution in [0.1, 0.15) is 38.2 Å². The van der Waals surface area contributed by atoms with Gasteiger partial charge in [0.25, 0.3) is 0 Å². The summed E-state index contributed by atoms with van der Waals surface area (Å²) >= 11 is 1.93. The Balaban J connectivity index is 0.000000336. The molecule has 0 bridgehead atoms. The van der Waals surface area contributed by atoms with Crippen molar-refractivity contribution >= 4 is 43.1 Å². The van der Waals surface area contributed by atoms with E-state index < -0.39 is 40.5 Å². The average molecular weight is 1260 g/mol. The predicted octanol–water partition coefficient (Wildman–Crippen LogP) is 6.70. The number of halogens is 2. The van der Waals surface area contributed by atoms with Gasteiger partial charge >= 0.3 is 367 Å². The third kappa shape index (κ3) is 17.0. The van der Waals surface area contributed by atoms with Crippen molar-refractivity contribution in [1.29, 1.82) is 0 Å². The minimum atomic E-state index is -0.692. The molecule has 0 fully saturated rings. The first-order valence-corrected chi connectivity index (χ1v) is 23.1. The molecule has 0 aliphatic carbocycles. The first kappa shape index (κ1) is 54.7. The van der Waals surface area contributed by atoms with Crippen molar-refractivity contribution in [2.24, 2.45) is 5.73 Å². The van der Waals surface area contributed by atoms with Gasteiger partial charge in [-0.2, -0.15) is 0 Å². The molecule has 19 heteroatoms. The summed E-state index contributed by atoms with van der Waals surface area (Å²) in [5.74, 6) is -1.69. The number of benzene rings is 2. The summed E-state index contributed by atoms with van der Waals surface area (Å²) < 4.78 is 41.0. The van der Waals surface area contributed by atoms with E-state index in [2.05, 4.69) is 20.6 Å². The molecule has 3 amide bonds. The standard InChI is InChI=1S/C23H16FN4O4.C22H16FN4O3.2C2H6.2W/c1-15(4-3-13-32-18-10-11-26-20(14-18)21(25)29)22(30)27-19-5-2-12-28(23(19)31)17-8-6-16(24)7-9-17;1-15(4-3-13-30-18-10-11-25-20(24)14-18)21(28)26-19-5-2-12-27(22(19)29)17-8-6-16(23)7-9-17;2*1-2;;/h1-12,14H,(H2,25,29)(H,27,30);1-12,14H,(H2,24,25)(H,26,28);2*1-2H3;;/q2*-1;;;;. The van der Waals surface area contributed by atoms with Gasteiger partial charge in [0.15, 0.2) is 0 Å². The zero-order chi connectivity index (χ0) is 50.3. The SMILES string of the molecule is CC.CC.[CH-]=C(C=C[C](=[W])Oc1ccnc(C(N)=O)c1)C(=O)Nc1cccn(-c2ccc(F)cc2)c1=O.[CH-]=C(C=C[C](=[W])Oc1ccnc(N)c1)C(=O)Nc1cccn(-c2ccc(F)cc2)c1=O. The third-order valence-corrected chi connectivity index (χ3v) is 9.67. The molecule has 4 heterocycles. The summed E-state index contributed by atoms with van der Waals surface area (Å²) in [7, 11) is 0. The summed E-state index contributed by atoms with van der Waals surface area (Å²) in [4.78, 5) is 69.1. The van der Waals surface area contributed by atoms with Gasteiger partial charge in [-0.05, 0) is 0 Å². The molecule has 0 saturated carbocycles. The number of carbonyl (C=O) groups is 3. The Hall–Kier alpha value is -7.61. The van der Waals surface area contributed by atoms with Crippen LogP contribution in [0.25, 0.3) is 11.4 Å². The Morgan fingerprint density at radius 2 is 1.03 bits per heavy atom. The fraction of sp³-hybridized carbons (Fsp3) is 0.0816. The number of hydrogen-bond acceptors (Lipinski definition) is 10. The maximum atomic E-state index is 13.1. The topological polar surface area (TPSA) is 216 Å². The number of aromatic nitrogens is 4. The van der Waals surface area contributed by atoms with E-state index in [-0.39, 0.29) is 28.2 Å². The molecule has 0 radical (unpaired) electrons. The van der Waals surface area contributed by atoms with Crippen LogP contribution in [0.4, 0.5) is 26.0 Å². The number of ether oxygens (including phenoxy) is 2. The van der Waals surface area contributed by atoms with Crippen LogP contribution >= 0.6 is 0 Å². The van der Waals surface area contributed by atoms with E-state index in [1.54, 1.807) is 36.4 Å². The van der Waals surface area contributed by atoms with Crippen LogP contribution in [0.2, 0.25) is 0 Å². The van der Waals surface area contributed by atoms with Gasteiger partial charge in [-0.1, -0.05) is 27.7 Å². The summed E-state index contributed by atoms with van der Waals surface area (Å²) in [5.41, 5.74) is 10.5. The summed E-state index contributed by atoms with van der Waals surface area (Å²) in [5, 5.41) is 4.95. The second-order valence-electron chi connectivity index (χ2n) is 12.6. The van der Waals surface area contributed by atoms with Crippen LogP contribution < -0.4 is 42.7 Å². The summed E-state index contributed by atoms with van der Waals surface area (Å²) in [6.07, 6.45) is 11.7. The van der Waals surface area contributed by atoms with Gasteiger partial charge in [-0.3, -0.25) is 0 Å². The third-order valence-electron chi connectivity index (χ3n) is 8.10. The fourth-order valence-corrected chi connectivity index (χ4v) is 6.23. The molecule has 4 aromatic heterocycles. The Kier molecular flexibility index (Phi) is 22.3. The van der Waals surface area contributed by atoms with E-state index in [1.807, 2.05) is 27.7 Å². The average Bonchev–Trinajstić information content (AvgIpc) is 3.33. The Labute approximate surface area is 412 Å². The number of anilines is 3. The number of nitrogens with one attached hydrogen (secondary N) is 2. The van der Waals surface area contributed by atoms with Crippen molar-refractivity contribution < 1.29 is 71.3 Å². The normalized spacial score (nSPS) is 10.1. The zero-order valence-electron chi connectivity index (χ0n) is 36.9. The van der Waals surface area contributed by atoms with Crippen molar-refractivity contribution in [2.75, 3.05) is 16.4 Å². The first-order chi connectivity index (χ1) is 32.6. The van der Waals surface area contributed by atoms with E-state index in [0.29, 0.717) is 36.9 Å². The number of primary amides is 1. The molecular formula is C49H44F2N8O7W2-2. The molecule has 6 aromatic rings. The van der Waals surface area contributed by atoms with E-state index >= 15 is 0 Å². The molecule has 0 atom stereocenters. The van der Waals surface area contributed by atoms with Crippen molar-refractivity contribution in [3.8, 4) is 22.9 Å². The number of amides is 3. The zero-order valence-corrected chi connectivity index (χ0v) is 42.8. The van der Waals surface area contributed by atoms with Crippen molar-refractivity contribution in [1.82, 2.24) is 19.1 Å². The minimum absolute atomic E-state index is 0.00141. The van der Waals surface area contributed by atoms with Crippen LogP contribution in [-0.4, -0.2) is 45.0 Å². The van der Waals surface area contributed by atoms with Crippen LogP contribution in [0.5, 0.6) is 11.5 Å². The van der Waals surface area contributed by atoms with Gasteiger partial charge < -0.3 is 0 Å². The van der Waals surface area contributed by atoms with E-state index in [9.17, 15) is 32.8 Å². The van der Waals surface area contributed by atoms with Crippen LogP contribution in [0, 0.1) is 24.8 Å². The second kappa shape index (κ2) is 27.8. The molecule has 0 spiro atoms. The van der Waals surface area contributed by atoms with Crippen molar-refractivity contribution in [3.63, 3.8) is 0 Å². The Bertz CT molecular complexity index is 2970. The van der Waals surface area contributed by atoms with Crippen LogP contribution in [0.3, 0.4) is 0 Å². The molecule has 15 nitrogen and oxygen atoms in total. The second-order valence-corrected chi connectivity index (χ2v) is 15.5. The number of nitrogens with two attached hydrogens (primary N) is 2. The number of hydrogen-bond donors (Lipinski definition) is 4. The van der Waals surface area contributed by atoms with E-state index in [1.165, 1.54) is 119 Å². The van der Waals surface area contributed by atoms with Crippen LogP contribution in [-0.2, 0) is 48.3 Å². The van der Waals surface area contributed by atoms with Crippen molar-refractivity contribution in [2.45, 2.75) is 27.7 Å². The number of pyridine rings is 4. The molecule has 350 valence electrons.